The standard InChI is InChI=1S/C9H17BrN2O/c1-7(2)11-5-4-9(13)12-6-8(3)10/h7,11H,3-6H2,1-2H3,(H,12,13). The molecule has 0 aromatic heterocycles. The molecule has 0 saturated heterocycles. The smallest absolute Gasteiger partial charge is 0.221 e. The maximum Gasteiger partial charge on any atom is 0.221 e. The normalized spacial score (nSPS) is 10.2. The molecule has 0 fully saturated rings. The lowest BCUT2D eigenvalue weighted by Gasteiger charge is -2.07. The summed E-state index contributed by atoms with van der Waals surface area (Å²) in [5, 5.41) is 5.90. The zero-order valence-electron chi connectivity index (χ0n) is 8.19. The first-order valence-electron chi connectivity index (χ1n) is 4.35. The number of halogens is 1. The van der Waals surface area contributed by atoms with Crippen LogP contribution in [0.15, 0.2) is 11.1 Å². The Morgan fingerprint density at radius 3 is 2.62 bits per heavy atom. The van der Waals surface area contributed by atoms with E-state index in [1.165, 1.54) is 0 Å². The summed E-state index contributed by atoms with van der Waals surface area (Å²) in [7, 11) is 0. The minimum absolute atomic E-state index is 0.0498. The van der Waals surface area contributed by atoms with Gasteiger partial charge in [0.25, 0.3) is 0 Å². The molecule has 3 nitrogen and oxygen atoms in total. The molecule has 0 radical (unpaired) electrons. The van der Waals surface area contributed by atoms with Crippen molar-refractivity contribution < 1.29 is 4.79 Å². The van der Waals surface area contributed by atoms with Gasteiger partial charge >= 0.3 is 0 Å². The Balaban J connectivity index is 3.36. The van der Waals surface area contributed by atoms with Crippen LogP contribution in [0, 0.1) is 0 Å². The predicted molar refractivity (Wildman–Crippen MR) is 58.8 cm³/mol. The van der Waals surface area contributed by atoms with Gasteiger partial charge in [0.2, 0.25) is 5.91 Å². The molecule has 0 aliphatic carbocycles. The van der Waals surface area contributed by atoms with Crippen LogP contribution in [0.3, 0.4) is 0 Å². The van der Waals surface area contributed by atoms with E-state index >= 15 is 0 Å². The summed E-state index contributed by atoms with van der Waals surface area (Å²) in [4.78, 5) is 11.1. The highest BCUT2D eigenvalue weighted by Crippen LogP contribution is 1.96. The molecule has 2 N–H and O–H groups in total. The largest absolute Gasteiger partial charge is 0.351 e. The zero-order valence-corrected chi connectivity index (χ0v) is 9.78. The average molecular weight is 249 g/mol. The Hall–Kier alpha value is -0.350. The highest BCUT2D eigenvalue weighted by atomic mass is 79.9. The Morgan fingerprint density at radius 1 is 1.54 bits per heavy atom. The van der Waals surface area contributed by atoms with E-state index in [1.54, 1.807) is 0 Å². The van der Waals surface area contributed by atoms with Gasteiger partial charge in [0.05, 0.1) is 0 Å². The van der Waals surface area contributed by atoms with Gasteiger partial charge in [0.15, 0.2) is 0 Å². The molecule has 0 aliphatic heterocycles. The summed E-state index contributed by atoms with van der Waals surface area (Å²) in [6.45, 7) is 8.95. The first kappa shape index (κ1) is 12.7. The molecule has 0 rings (SSSR count). The monoisotopic (exact) mass is 248 g/mol. The van der Waals surface area contributed by atoms with Crippen molar-refractivity contribution in [2.45, 2.75) is 26.3 Å². The van der Waals surface area contributed by atoms with Gasteiger partial charge in [-0.15, -0.1) is 0 Å². The minimum Gasteiger partial charge on any atom is -0.351 e. The van der Waals surface area contributed by atoms with Crippen molar-refractivity contribution in [2.75, 3.05) is 13.1 Å². The molecule has 0 spiro atoms. The van der Waals surface area contributed by atoms with Crippen LogP contribution in [0.4, 0.5) is 0 Å². The van der Waals surface area contributed by atoms with Crippen molar-refractivity contribution in [2.24, 2.45) is 0 Å². The lowest BCUT2D eigenvalue weighted by molar-refractivity contribution is -0.120. The van der Waals surface area contributed by atoms with Gasteiger partial charge in [-0.1, -0.05) is 36.4 Å². The Kier molecular flexibility index (Phi) is 6.90. The zero-order chi connectivity index (χ0) is 10.3. The summed E-state index contributed by atoms with van der Waals surface area (Å²) in [6.07, 6.45) is 0.512. The molecular formula is C9H17BrN2O. The van der Waals surface area contributed by atoms with Crippen molar-refractivity contribution in [3.8, 4) is 0 Å². The summed E-state index contributed by atoms with van der Waals surface area (Å²) in [6, 6.07) is 0.430. The third kappa shape index (κ3) is 9.56. The predicted octanol–water partition coefficient (Wildman–Crippen LogP) is 1.40. The van der Waals surface area contributed by atoms with Gasteiger partial charge in [-0.2, -0.15) is 0 Å². The van der Waals surface area contributed by atoms with Crippen LogP contribution in [0.25, 0.3) is 0 Å². The van der Waals surface area contributed by atoms with Crippen LogP contribution in [0.5, 0.6) is 0 Å². The molecule has 0 aromatic rings. The maximum atomic E-state index is 11.1. The third-order valence-corrected chi connectivity index (χ3v) is 1.66. The molecule has 4 heteroatoms. The number of rotatable bonds is 6. The number of amides is 1. The molecule has 0 atom stereocenters. The lowest BCUT2D eigenvalue weighted by atomic mass is 10.3. The first-order valence-corrected chi connectivity index (χ1v) is 5.15. The second-order valence-electron chi connectivity index (χ2n) is 3.15. The first-order chi connectivity index (χ1) is 6.02. The minimum atomic E-state index is 0.0498. The molecule has 0 saturated carbocycles. The molecule has 0 unspecified atom stereocenters. The topological polar surface area (TPSA) is 41.1 Å². The fourth-order valence-corrected chi connectivity index (χ4v) is 0.897. The van der Waals surface area contributed by atoms with E-state index in [4.69, 9.17) is 0 Å². The van der Waals surface area contributed by atoms with Gasteiger partial charge in [0.1, 0.15) is 0 Å². The van der Waals surface area contributed by atoms with Crippen LogP contribution in [0.1, 0.15) is 20.3 Å². The van der Waals surface area contributed by atoms with Crippen LogP contribution in [-0.2, 0) is 4.79 Å². The van der Waals surface area contributed by atoms with Gasteiger partial charge < -0.3 is 10.6 Å². The fraction of sp³-hybridized carbons (Fsp3) is 0.667. The quantitative estimate of drug-likeness (QED) is 0.747. The second kappa shape index (κ2) is 7.09. The van der Waals surface area contributed by atoms with E-state index in [0.29, 0.717) is 19.0 Å². The number of hydrogen-bond acceptors (Lipinski definition) is 2. The van der Waals surface area contributed by atoms with Crippen LogP contribution < -0.4 is 10.6 Å². The SMILES string of the molecule is C=C(Br)CNC(=O)CCNC(C)C. The maximum absolute atomic E-state index is 11.1. The van der Waals surface area contributed by atoms with Crippen molar-refractivity contribution in [3.63, 3.8) is 0 Å². The van der Waals surface area contributed by atoms with E-state index < -0.39 is 0 Å². The highest BCUT2D eigenvalue weighted by Gasteiger charge is 2.00. The van der Waals surface area contributed by atoms with E-state index in [2.05, 4.69) is 47.0 Å². The number of nitrogens with one attached hydrogen (secondary N) is 2. The van der Waals surface area contributed by atoms with Crippen LogP contribution in [-0.4, -0.2) is 25.0 Å². The van der Waals surface area contributed by atoms with Gasteiger partial charge in [0, 0.05) is 30.0 Å². The van der Waals surface area contributed by atoms with E-state index in [1.807, 2.05) is 0 Å². The van der Waals surface area contributed by atoms with Crippen molar-refractivity contribution in [3.05, 3.63) is 11.1 Å². The van der Waals surface area contributed by atoms with E-state index in [0.717, 1.165) is 11.0 Å². The summed E-state index contributed by atoms with van der Waals surface area (Å²) < 4.78 is 0.790. The molecule has 0 heterocycles. The number of hydrogen-bond donors (Lipinski definition) is 2. The van der Waals surface area contributed by atoms with Gasteiger partial charge in [-0.25, -0.2) is 0 Å². The second-order valence-corrected chi connectivity index (χ2v) is 4.27. The molecule has 13 heavy (non-hydrogen) atoms. The molecule has 76 valence electrons. The Bertz CT molecular complexity index is 180. The van der Waals surface area contributed by atoms with Crippen LogP contribution in [0.2, 0.25) is 0 Å². The van der Waals surface area contributed by atoms with E-state index in [9.17, 15) is 4.79 Å². The average Bonchev–Trinajstić information content (AvgIpc) is 2.00. The summed E-state index contributed by atoms with van der Waals surface area (Å²) in [5.41, 5.74) is 0. The highest BCUT2D eigenvalue weighted by molar-refractivity contribution is 9.11. The Labute approximate surface area is 88.1 Å². The molecule has 0 aliphatic rings. The Morgan fingerprint density at radius 2 is 2.15 bits per heavy atom. The van der Waals surface area contributed by atoms with Crippen molar-refractivity contribution >= 4 is 21.8 Å². The fourth-order valence-electron chi connectivity index (χ4n) is 0.757. The van der Waals surface area contributed by atoms with Crippen molar-refractivity contribution in [1.29, 1.82) is 0 Å². The number of carbonyl (C=O) groups is 1. The summed E-state index contributed by atoms with van der Waals surface area (Å²) in [5.74, 6) is 0.0498. The molecule has 1 amide bonds. The molecule has 0 aromatic carbocycles. The van der Waals surface area contributed by atoms with E-state index in [-0.39, 0.29) is 5.91 Å². The van der Waals surface area contributed by atoms with Crippen molar-refractivity contribution in [1.82, 2.24) is 10.6 Å². The van der Waals surface area contributed by atoms with Crippen LogP contribution >= 0.6 is 15.9 Å². The van der Waals surface area contributed by atoms with Gasteiger partial charge in [-0.3, -0.25) is 4.79 Å². The molecule has 0 bridgehead atoms. The van der Waals surface area contributed by atoms with Gasteiger partial charge in [-0.05, 0) is 0 Å². The molecular weight excluding hydrogens is 232 g/mol. The lowest BCUT2D eigenvalue weighted by Crippen LogP contribution is -2.31. The third-order valence-electron chi connectivity index (χ3n) is 1.38. The number of carbonyl (C=O) groups excluding carboxylic acids is 1. The summed E-state index contributed by atoms with van der Waals surface area (Å²) >= 11 is 3.17.